The van der Waals surface area contributed by atoms with E-state index in [0.29, 0.717) is 5.75 Å². The Bertz CT molecular complexity index is 864. The molecule has 0 aliphatic carbocycles. The first-order valence-electron chi connectivity index (χ1n) is 6.76. The van der Waals surface area contributed by atoms with Gasteiger partial charge in [0, 0.05) is 4.88 Å². The van der Waals surface area contributed by atoms with E-state index in [1.807, 2.05) is 24.4 Å². The molecule has 0 aliphatic heterocycles. The van der Waals surface area contributed by atoms with Gasteiger partial charge in [0.1, 0.15) is 23.1 Å². The lowest BCUT2D eigenvalue weighted by molar-refractivity contribution is -0.384. The lowest BCUT2D eigenvalue weighted by Gasteiger charge is -2.07. The molecule has 0 saturated carbocycles. The molecule has 0 spiro atoms. The van der Waals surface area contributed by atoms with Crippen LogP contribution in [0.25, 0.3) is 6.08 Å². The molecule has 7 nitrogen and oxygen atoms in total. The van der Waals surface area contributed by atoms with Crippen molar-refractivity contribution in [3.8, 4) is 11.8 Å². The van der Waals surface area contributed by atoms with E-state index in [-0.39, 0.29) is 16.9 Å². The molecule has 2 aromatic rings. The number of amides is 1. The van der Waals surface area contributed by atoms with Crippen molar-refractivity contribution in [2.24, 2.45) is 0 Å². The van der Waals surface area contributed by atoms with E-state index in [4.69, 9.17) is 4.74 Å². The van der Waals surface area contributed by atoms with Crippen LogP contribution in [0.2, 0.25) is 0 Å². The molecule has 0 atom stereocenters. The lowest BCUT2D eigenvalue weighted by atomic mass is 10.2. The van der Waals surface area contributed by atoms with Crippen LogP contribution in [0.3, 0.4) is 0 Å². The highest BCUT2D eigenvalue weighted by molar-refractivity contribution is 7.11. The van der Waals surface area contributed by atoms with Crippen LogP contribution in [0.4, 0.5) is 11.4 Å². The van der Waals surface area contributed by atoms with Crippen LogP contribution < -0.4 is 10.1 Å². The Balaban J connectivity index is 2.32. The summed E-state index contributed by atoms with van der Waals surface area (Å²) in [4.78, 5) is 23.5. The van der Waals surface area contributed by atoms with E-state index in [1.165, 1.54) is 42.7 Å². The molecule has 24 heavy (non-hydrogen) atoms. The zero-order chi connectivity index (χ0) is 17.7. The highest BCUT2D eigenvalue weighted by Gasteiger charge is 2.19. The van der Waals surface area contributed by atoms with Crippen LogP contribution in [0.5, 0.6) is 5.75 Å². The van der Waals surface area contributed by atoms with Crippen molar-refractivity contribution in [3.63, 3.8) is 0 Å². The predicted octanol–water partition coefficient (Wildman–Crippen LogP) is 3.52. The van der Waals surface area contributed by atoms with Gasteiger partial charge in [-0.15, -0.1) is 11.3 Å². The van der Waals surface area contributed by atoms with Gasteiger partial charge in [-0.2, -0.15) is 5.26 Å². The lowest BCUT2D eigenvalue weighted by Crippen LogP contribution is -2.14. The third-order valence-corrected chi connectivity index (χ3v) is 4.16. The molecule has 0 radical (unpaired) electrons. The summed E-state index contributed by atoms with van der Waals surface area (Å²) in [6, 6.07) is 7.75. The second kappa shape index (κ2) is 7.39. The maximum Gasteiger partial charge on any atom is 0.296 e. The van der Waals surface area contributed by atoms with E-state index in [1.54, 1.807) is 0 Å². The number of methoxy groups -OCH3 is 1. The smallest absolute Gasteiger partial charge is 0.296 e. The zero-order valence-corrected chi connectivity index (χ0v) is 13.7. The number of rotatable bonds is 5. The van der Waals surface area contributed by atoms with Gasteiger partial charge in [-0.1, -0.05) is 0 Å². The zero-order valence-electron chi connectivity index (χ0n) is 12.9. The summed E-state index contributed by atoms with van der Waals surface area (Å²) in [7, 11) is 1.39. The Morgan fingerprint density at radius 1 is 1.46 bits per heavy atom. The minimum atomic E-state index is -0.710. The van der Waals surface area contributed by atoms with Gasteiger partial charge in [-0.05, 0) is 42.1 Å². The summed E-state index contributed by atoms with van der Waals surface area (Å²) in [5.74, 6) is -0.413. The van der Waals surface area contributed by atoms with Crippen molar-refractivity contribution >= 4 is 34.7 Å². The Morgan fingerprint density at radius 2 is 2.21 bits per heavy atom. The van der Waals surface area contributed by atoms with Gasteiger partial charge in [0.2, 0.25) is 0 Å². The number of aryl methyl sites for hydroxylation is 1. The number of ether oxygens (including phenoxy) is 1. The maximum absolute atomic E-state index is 12.3. The summed E-state index contributed by atoms with van der Waals surface area (Å²) in [5.41, 5.74) is 0.490. The number of nitro benzene ring substituents is 1. The molecule has 1 N–H and O–H groups in total. The first-order chi connectivity index (χ1) is 11.5. The van der Waals surface area contributed by atoms with Gasteiger partial charge >= 0.3 is 0 Å². The van der Waals surface area contributed by atoms with E-state index in [9.17, 15) is 20.2 Å². The number of hydrogen-bond donors (Lipinski definition) is 1. The average Bonchev–Trinajstić information content (AvgIpc) is 2.97. The summed E-state index contributed by atoms with van der Waals surface area (Å²) in [6.07, 6.45) is 1.46. The van der Waals surface area contributed by atoms with Crippen molar-refractivity contribution < 1.29 is 14.5 Å². The number of nitrogens with one attached hydrogen (secondary N) is 1. The van der Waals surface area contributed by atoms with Crippen molar-refractivity contribution in [2.75, 3.05) is 12.4 Å². The molecule has 0 fully saturated rings. The molecule has 1 amide bonds. The van der Waals surface area contributed by atoms with Crippen LogP contribution in [0.15, 0.2) is 35.2 Å². The number of nitrogens with zero attached hydrogens (tertiary/aromatic N) is 2. The third kappa shape index (κ3) is 3.77. The Morgan fingerprint density at radius 3 is 2.75 bits per heavy atom. The van der Waals surface area contributed by atoms with Crippen LogP contribution >= 0.6 is 11.3 Å². The maximum atomic E-state index is 12.3. The Hall–Kier alpha value is -3.18. The number of carbonyl (C=O) groups excluding carboxylic acids is 1. The summed E-state index contributed by atoms with van der Waals surface area (Å²) in [5, 5.41) is 24.6. The topological polar surface area (TPSA) is 105 Å². The van der Waals surface area contributed by atoms with Crippen LogP contribution in [0.1, 0.15) is 10.4 Å². The van der Waals surface area contributed by atoms with Gasteiger partial charge in [0.15, 0.2) is 0 Å². The Kier molecular flexibility index (Phi) is 5.29. The minimum Gasteiger partial charge on any atom is -0.496 e. The average molecular weight is 343 g/mol. The van der Waals surface area contributed by atoms with Gasteiger partial charge in [0.25, 0.3) is 11.6 Å². The van der Waals surface area contributed by atoms with Crippen LogP contribution in [0, 0.1) is 28.4 Å². The first-order valence-corrected chi connectivity index (χ1v) is 7.64. The molecule has 0 bridgehead atoms. The van der Waals surface area contributed by atoms with E-state index in [0.717, 1.165) is 10.4 Å². The largest absolute Gasteiger partial charge is 0.496 e. The van der Waals surface area contributed by atoms with E-state index >= 15 is 0 Å². The van der Waals surface area contributed by atoms with Gasteiger partial charge in [0.05, 0.1) is 18.1 Å². The second-order valence-electron chi connectivity index (χ2n) is 4.73. The van der Waals surface area contributed by atoms with Gasteiger partial charge in [-0.25, -0.2) is 0 Å². The number of carbonyl (C=O) groups is 1. The number of thiophene rings is 1. The third-order valence-electron chi connectivity index (χ3n) is 3.19. The number of anilines is 1. The quantitative estimate of drug-likeness (QED) is 0.387. The van der Waals surface area contributed by atoms with Crippen LogP contribution in [-0.4, -0.2) is 17.9 Å². The summed E-state index contributed by atoms with van der Waals surface area (Å²) in [6.45, 7) is 1.86. The molecule has 0 aliphatic rings. The predicted molar refractivity (Wildman–Crippen MR) is 90.9 cm³/mol. The molecule has 1 aromatic carbocycles. The fourth-order valence-electron chi connectivity index (χ4n) is 1.90. The molecular weight excluding hydrogens is 330 g/mol. The minimum absolute atomic E-state index is 0.00477. The van der Waals surface area contributed by atoms with Gasteiger partial charge < -0.3 is 10.1 Å². The fraction of sp³-hybridized carbons (Fsp3) is 0.125. The SMILES string of the molecule is COc1ccc(NC(=O)/C(C#N)=C/c2sccc2C)c([N+](=O)[O-])c1. The van der Waals surface area contributed by atoms with Crippen molar-refractivity contribution in [1.29, 1.82) is 5.26 Å². The molecule has 122 valence electrons. The first kappa shape index (κ1) is 17.2. The molecular formula is C16H13N3O4S. The van der Waals surface area contributed by atoms with E-state index in [2.05, 4.69) is 5.32 Å². The number of hydrogen-bond acceptors (Lipinski definition) is 6. The van der Waals surface area contributed by atoms with Crippen LogP contribution in [-0.2, 0) is 4.79 Å². The molecule has 8 heteroatoms. The molecule has 0 saturated heterocycles. The summed E-state index contributed by atoms with van der Waals surface area (Å²) >= 11 is 1.40. The summed E-state index contributed by atoms with van der Waals surface area (Å²) < 4.78 is 4.94. The van der Waals surface area contributed by atoms with Crippen molar-refractivity contribution in [3.05, 3.63) is 55.8 Å². The standard InChI is InChI=1S/C16H13N3O4S/c1-10-5-6-24-15(10)7-11(9-17)16(20)18-13-4-3-12(23-2)8-14(13)19(21)22/h3-8H,1-2H3,(H,18,20)/b11-7+. The Labute approximate surface area is 141 Å². The highest BCUT2D eigenvalue weighted by Crippen LogP contribution is 2.29. The normalized spacial score (nSPS) is 10.8. The van der Waals surface area contributed by atoms with Crippen molar-refractivity contribution in [2.45, 2.75) is 6.92 Å². The monoisotopic (exact) mass is 343 g/mol. The molecule has 1 heterocycles. The fourth-order valence-corrected chi connectivity index (χ4v) is 2.76. The number of benzene rings is 1. The second-order valence-corrected chi connectivity index (χ2v) is 5.68. The molecule has 1 aromatic heterocycles. The van der Waals surface area contributed by atoms with E-state index < -0.39 is 10.8 Å². The van der Waals surface area contributed by atoms with Crippen molar-refractivity contribution in [1.82, 2.24) is 0 Å². The highest BCUT2D eigenvalue weighted by atomic mass is 32.1. The molecule has 0 unspecified atom stereocenters. The molecule has 2 rings (SSSR count). The number of nitro groups is 1. The van der Waals surface area contributed by atoms with Gasteiger partial charge in [-0.3, -0.25) is 14.9 Å². The number of nitriles is 1.